The smallest absolute Gasteiger partial charge is 0.255 e. The van der Waals surface area contributed by atoms with Gasteiger partial charge in [-0.05, 0) is 65.2 Å². The summed E-state index contributed by atoms with van der Waals surface area (Å²) in [5.41, 5.74) is 6.14. The van der Waals surface area contributed by atoms with Crippen LogP contribution in [-0.4, -0.2) is 17.5 Å². The molecule has 0 radical (unpaired) electrons. The summed E-state index contributed by atoms with van der Waals surface area (Å²) in [6.45, 7) is 1.80. The molecule has 2 N–H and O–H groups in total. The van der Waals surface area contributed by atoms with E-state index in [1.807, 2.05) is 60.7 Å². The first-order valence-corrected chi connectivity index (χ1v) is 10.8. The average molecular weight is 456 g/mol. The minimum atomic E-state index is -0.234. The molecular formula is C27H22ClN3O2. The summed E-state index contributed by atoms with van der Waals surface area (Å²) in [5, 5.41) is 9.84. The van der Waals surface area contributed by atoms with E-state index < -0.39 is 0 Å². The molecule has 0 aliphatic rings. The zero-order valence-corrected chi connectivity index (χ0v) is 18.8. The Bertz CT molecular complexity index is 1340. The normalized spacial score (nSPS) is 11.3. The Balaban J connectivity index is 1.41. The van der Waals surface area contributed by atoms with Crippen LogP contribution in [0, 0.1) is 0 Å². The number of carbonyl (C=O) groups is 2. The first-order chi connectivity index (χ1) is 16.0. The fraction of sp³-hybridized carbons (Fsp3) is 0.0741. The predicted octanol–water partition coefficient (Wildman–Crippen LogP) is 5.83. The maximum Gasteiger partial charge on any atom is 0.255 e. The Labute approximate surface area is 197 Å². The van der Waals surface area contributed by atoms with Crippen molar-refractivity contribution in [1.29, 1.82) is 0 Å². The number of fused-ring (bicyclic) bond motifs is 1. The minimum absolute atomic E-state index is 0.196. The van der Waals surface area contributed by atoms with Gasteiger partial charge in [0.1, 0.15) is 0 Å². The predicted molar refractivity (Wildman–Crippen MR) is 134 cm³/mol. The molecule has 6 heteroatoms. The van der Waals surface area contributed by atoms with Crippen LogP contribution in [0.25, 0.3) is 10.8 Å². The van der Waals surface area contributed by atoms with Crippen LogP contribution in [0.4, 0.5) is 5.69 Å². The van der Waals surface area contributed by atoms with Crippen LogP contribution < -0.4 is 10.7 Å². The topological polar surface area (TPSA) is 70.6 Å². The molecule has 0 spiro atoms. The number of hydrazone groups is 1. The van der Waals surface area contributed by atoms with Crippen molar-refractivity contribution in [3.8, 4) is 0 Å². The number of rotatable bonds is 6. The van der Waals surface area contributed by atoms with E-state index >= 15 is 0 Å². The lowest BCUT2D eigenvalue weighted by atomic mass is 10.0. The monoisotopic (exact) mass is 455 g/mol. The van der Waals surface area contributed by atoms with Gasteiger partial charge in [0.25, 0.3) is 5.91 Å². The van der Waals surface area contributed by atoms with Crippen molar-refractivity contribution in [3.05, 3.63) is 113 Å². The zero-order chi connectivity index (χ0) is 23.2. The number of halogens is 1. The summed E-state index contributed by atoms with van der Waals surface area (Å²) >= 11 is 5.88. The van der Waals surface area contributed by atoms with Crippen molar-refractivity contribution >= 4 is 45.6 Å². The molecule has 0 bridgehead atoms. The van der Waals surface area contributed by atoms with Crippen LogP contribution in [-0.2, 0) is 11.2 Å². The molecule has 0 fully saturated rings. The van der Waals surface area contributed by atoms with Gasteiger partial charge in [0.05, 0.1) is 12.1 Å². The van der Waals surface area contributed by atoms with E-state index in [9.17, 15) is 9.59 Å². The molecular weight excluding hydrogens is 434 g/mol. The van der Waals surface area contributed by atoms with Crippen LogP contribution >= 0.6 is 11.6 Å². The number of hydrogen-bond acceptors (Lipinski definition) is 3. The van der Waals surface area contributed by atoms with E-state index in [0.29, 0.717) is 22.0 Å². The summed E-state index contributed by atoms with van der Waals surface area (Å²) in [6.07, 6.45) is 0.231. The van der Waals surface area contributed by atoms with Crippen LogP contribution in [0.2, 0.25) is 5.02 Å². The maximum atomic E-state index is 12.5. The van der Waals surface area contributed by atoms with Crippen molar-refractivity contribution in [2.45, 2.75) is 13.3 Å². The van der Waals surface area contributed by atoms with Gasteiger partial charge < -0.3 is 5.32 Å². The third kappa shape index (κ3) is 5.64. The quantitative estimate of drug-likeness (QED) is 0.283. The molecule has 4 aromatic rings. The van der Waals surface area contributed by atoms with Crippen LogP contribution in [0.1, 0.15) is 28.4 Å². The second kappa shape index (κ2) is 10.1. The van der Waals surface area contributed by atoms with Gasteiger partial charge in [-0.1, -0.05) is 66.2 Å². The van der Waals surface area contributed by atoms with Gasteiger partial charge in [-0.15, -0.1) is 0 Å². The van der Waals surface area contributed by atoms with E-state index in [4.69, 9.17) is 11.6 Å². The molecule has 4 aromatic carbocycles. The fourth-order valence-electron chi connectivity index (χ4n) is 3.50. The van der Waals surface area contributed by atoms with Gasteiger partial charge in [-0.25, -0.2) is 5.43 Å². The van der Waals surface area contributed by atoms with Crippen LogP contribution in [0.5, 0.6) is 0 Å². The van der Waals surface area contributed by atoms with Gasteiger partial charge in [-0.3, -0.25) is 9.59 Å². The van der Waals surface area contributed by atoms with Gasteiger partial charge in [-0.2, -0.15) is 5.10 Å². The molecule has 0 unspecified atom stereocenters. The third-order valence-electron chi connectivity index (χ3n) is 5.22. The highest BCUT2D eigenvalue weighted by molar-refractivity contribution is 6.30. The van der Waals surface area contributed by atoms with Gasteiger partial charge in [0.15, 0.2) is 0 Å². The molecule has 0 saturated heterocycles. The van der Waals surface area contributed by atoms with Gasteiger partial charge in [0.2, 0.25) is 5.91 Å². The molecule has 0 aromatic heterocycles. The molecule has 2 amide bonds. The fourth-order valence-corrected chi connectivity index (χ4v) is 3.62. The molecule has 164 valence electrons. The van der Waals surface area contributed by atoms with Crippen molar-refractivity contribution in [2.24, 2.45) is 5.10 Å². The lowest BCUT2D eigenvalue weighted by Gasteiger charge is -2.09. The average Bonchev–Trinajstić information content (AvgIpc) is 2.83. The molecule has 0 aliphatic carbocycles. The standard InChI is InChI=1S/C27H22ClN3O2/c1-18(30-31-26(32)17-22-9-4-7-19-6-2-3-11-25(19)22)21-8-5-10-24(16-21)29-27(33)20-12-14-23(28)15-13-20/h2-16H,17H2,1H3,(H,29,33)(H,31,32)/b30-18+. The summed E-state index contributed by atoms with van der Waals surface area (Å²) in [4.78, 5) is 24.9. The highest BCUT2D eigenvalue weighted by Gasteiger charge is 2.09. The second-order valence-electron chi connectivity index (χ2n) is 7.59. The minimum Gasteiger partial charge on any atom is -0.322 e. The third-order valence-corrected chi connectivity index (χ3v) is 5.48. The van der Waals surface area contributed by atoms with Gasteiger partial charge >= 0.3 is 0 Å². The number of anilines is 1. The highest BCUT2D eigenvalue weighted by atomic mass is 35.5. The molecule has 0 aliphatic heterocycles. The molecule has 0 atom stereocenters. The Kier molecular flexibility index (Phi) is 6.81. The van der Waals surface area contributed by atoms with Crippen molar-refractivity contribution in [2.75, 3.05) is 5.32 Å². The maximum absolute atomic E-state index is 12.5. The summed E-state index contributed by atoms with van der Waals surface area (Å²) < 4.78 is 0. The van der Waals surface area contributed by atoms with Crippen molar-refractivity contribution in [3.63, 3.8) is 0 Å². The molecule has 5 nitrogen and oxygen atoms in total. The SMILES string of the molecule is C/C(=N\NC(=O)Cc1cccc2ccccc12)c1cccc(NC(=O)c2ccc(Cl)cc2)c1. The first-order valence-electron chi connectivity index (χ1n) is 10.5. The van der Waals surface area contributed by atoms with Crippen molar-refractivity contribution in [1.82, 2.24) is 5.43 Å². The lowest BCUT2D eigenvalue weighted by molar-refractivity contribution is -0.120. The zero-order valence-electron chi connectivity index (χ0n) is 18.0. The number of nitrogens with zero attached hydrogens (tertiary/aromatic N) is 1. The Hall–Kier alpha value is -3.96. The Morgan fingerprint density at radius 3 is 2.39 bits per heavy atom. The van der Waals surface area contributed by atoms with Crippen LogP contribution in [0.15, 0.2) is 96.1 Å². The van der Waals surface area contributed by atoms with Gasteiger partial charge in [0, 0.05) is 16.3 Å². The van der Waals surface area contributed by atoms with E-state index in [1.54, 1.807) is 37.3 Å². The molecule has 33 heavy (non-hydrogen) atoms. The number of amides is 2. The second-order valence-corrected chi connectivity index (χ2v) is 8.03. The Morgan fingerprint density at radius 2 is 1.58 bits per heavy atom. The lowest BCUT2D eigenvalue weighted by Crippen LogP contribution is -2.21. The van der Waals surface area contributed by atoms with Crippen LogP contribution in [0.3, 0.4) is 0 Å². The number of nitrogens with one attached hydrogen (secondary N) is 2. The summed E-state index contributed by atoms with van der Waals surface area (Å²) in [5.74, 6) is -0.431. The molecule has 0 saturated carbocycles. The summed E-state index contributed by atoms with van der Waals surface area (Å²) in [6, 6.07) is 27.9. The van der Waals surface area contributed by atoms with E-state index in [1.165, 1.54) is 0 Å². The number of hydrogen-bond donors (Lipinski definition) is 2. The molecule has 0 heterocycles. The summed E-state index contributed by atoms with van der Waals surface area (Å²) in [7, 11) is 0. The highest BCUT2D eigenvalue weighted by Crippen LogP contribution is 2.19. The van der Waals surface area contributed by atoms with E-state index in [-0.39, 0.29) is 18.2 Å². The number of benzene rings is 4. The van der Waals surface area contributed by atoms with Crippen molar-refractivity contribution < 1.29 is 9.59 Å². The number of carbonyl (C=O) groups excluding carboxylic acids is 2. The largest absolute Gasteiger partial charge is 0.322 e. The molecule has 4 rings (SSSR count). The Morgan fingerprint density at radius 1 is 0.848 bits per heavy atom. The van der Waals surface area contributed by atoms with E-state index in [2.05, 4.69) is 15.8 Å². The van der Waals surface area contributed by atoms with E-state index in [0.717, 1.165) is 21.9 Å². The first kappa shape index (κ1) is 22.2.